The highest BCUT2D eigenvalue weighted by Gasteiger charge is 2.35. The van der Waals surface area contributed by atoms with Gasteiger partial charge in [-0.15, -0.1) is 0 Å². The minimum atomic E-state index is -3.49. The number of benzene rings is 2. The topological polar surface area (TPSA) is 98.7 Å². The van der Waals surface area contributed by atoms with Gasteiger partial charge in [-0.25, -0.2) is 23.2 Å². The average Bonchev–Trinajstić information content (AvgIpc) is 2.81. The monoisotopic (exact) mass is 497 g/mol. The zero-order valence-electron chi connectivity index (χ0n) is 20.5. The van der Waals surface area contributed by atoms with E-state index in [2.05, 4.69) is 34.2 Å². The molecule has 2 aromatic carbocycles. The van der Waals surface area contributed by atoms with E-state index in [1.807, 2.05) is 39.0 Å². The number of hydrogen-bond acceptors (Lipinski definition) is 7. The Labute approximate surface area is 206 Å². The van der Waals surface area contributed by atoms with Gasteiger partial charge in [0.25, 0.3) is 0 Å². The maximum Gasteiger partial charge on any atom is 0.410 e. The van der Waals surface area contributed by atoms with Gasteiger partial charge in [0.1, 0.15) is 5.60 Å². The van der Waals surface area contributed by atoms with Crippen LogP contribution < -0.4 is 0 Å². The summed E-state index contributed by atoms with van der Waals surface area (Å²) in [6.07, 6.45) is 4.07. The molecule has 0 aliphatic carbocycles. The predicted octanol–water partition coefficient (Wildman–Crippen LogP) is 4.34. The molecule has 1 fully saturated rings. The van der Waals surface area contributed by atoms with E-state index in [0.717, 1.165) is 28.2 Å². The van der Waals surface area contributed by atoms with Crippen LogP contribution in [0.4, 0.5) is 4.79 Å². The Kier molecular flexibility index (Phi) is 7.10. The molecule has 1 aliphatic heterocycles. The number of aromatic nitrogens is 2. The third-order valence-corrected chi connectivity index (χ3v) is 6.77. The quantitative estimate of drug-likeness (QED) is 0.484. The summed E-state index contributed by atoms with van der Waals surface area (Å²) in [5.41, 5.74) is 1.22. The standard InChI is InChI=1S/C26H31N3O5S/c1-26(2,3)34-25(30)29-12-11-22(21-14-27-24(28-15-21)35(4,31)32)23(16-29)33-17-18-9-10-19-7-5-6-8-20(19)13-18/h5-10,13-15,22-23H,11-12,16-17H2,1-4H3. The molecule has 2 atom stereocenters. The number of hydrogen-bond donors (Lipinski definition) is 0. The van der Waals surface area contributed by atoms with Crippen LogP contribution in [0.2, 0.25) is 0 Å². The van der Waals surface area contributed by atoms with Gasteiger partial charge < -0.3 is 14.4 Å². The number of nitrogens with zero attached hydrogens (tertiary/aromatic N) is 3. The molecule has 2 heterocycles. The molecule has 8 nitrogen and oxygen atoms in total. The summed E-state index contributed by atoms with van der Waals surface area (Å²) in [4.78, 5) is 22.5. The van der Waals surface area contributed by atoms with Crippen molar-refractivity contribution in [2.24, 2.45) is 0 Å². The number of fused-ring (bicyclic) bond motifs is 1. The SMILES string of the molecule is CC(C)(C)OC(=O)N1CCC(c2cnc(S(C)(=O)=O)nc2)C(OCc2ccc3ccccc3c2)C1. The highest BCUT2D eigenvalue weighted by Crippen LogP contribution is 2.31. The minimum absolute atomic E-state index is 0.0947. The van der Waals surface area contributed by atoms with Crippen LogP contribution in [0.3, 0.4) is 0 Å². The Morgan fingerprint density at radius 2 is 1.77 bits per heavy atom. The molecule has 186 valence electrons. The third-order valence-electron chi connectivity index (χ3n) is 5.90. The lowest BCUT2D eigenvalue weighted by atomic mass is 9.88. The molecule has 4 rings (SSSR count). The second-order valence-corrected chi connectivity index (χ2v) is 11.8. The van der Waals surface area contributed by atoms with Gasteiger partial charge in [-0.2, -0.15) is 0 Å². The lowest BCUT2D eigenvalue weighted by molar-refractivity contribution is -0.0360. The zero-order valence-corrected chi connectivity index (χ0v) is 21.3. The molecule has 9 heteroatoms. The molecule has 0 radical (unpaired) electrons. The number of carbonyl (C=O) groups is 1. The molecular formula is C26H31N3O5S. The Morgan fingerprint density at radius 3 is 2.43 bits per heavy atom. The van der Waals surface area contributed by atoms with Crippen molar-refractivity contribution < 1.29 is 22.7 Å². The molecule has 0 bridgehead atoms. The van der Waals surface area contributed by atoms with E-state index >= 15 is 0 Å². The van der Waals surface area contributed by atoms with E-state index in [-0.39, 0.29) is 23.3 Å². The lowest BCUT2D eigenvalue weighted by Crippen LogP contribution is -2.48. The smallest absolute Gasteiger partial charge is 0.410 e. The van der Waals surface area contributed by atoms with Gasteiger partial charge in [0, 0.05) is 31.1 Å². The fourth-order valence-corrected chi connectivity index (χ4v) is 4.69. The number of ether oxygens (including phenoxy) is 2. The van der Waals surface area contributed by atoms with Crippen LogP contribution in [0.5, 0.6) is 0 Å². The minimum Gasteiger partial charge on any atom is -0.444 e. The summed E-state index contributed by atoms with van der Waals surface area (Å²) in [5.74, 6) is -0.0947. The van der Waals surface area contributed by atoms with Crippen LogP contribution in [0.25, 0.3) is 10.8 Å². The van der Waals surface area contributed by atoms with E-state index in [9.17, 15) is 13.2 Å². The van der Waals surface area contributed by atoms with E-state index in [1.165, 1.54) is 0 Å². The summed E-state index contributed by atoms with van der Waals surface area (Å²) < 4.78 is 35.5. The Balaban J connectivity index is 1.55. The van der Waals surface area contributed by atoms with Gasteiger partial charge in [0.2, 0.25) is 15.0 Å². The zero-order chi connectivity index (χ0) is 25.2. The molecule has 35 heavy (non-hydrogen) atoms. The number of carbonyl (C=O) groups excluding carboxylic acids is 1. The molecule has 1 saturated heterocycles. The van der Waals surface area contributed by atoms with Crippen LogP contribution >= 0.6 is 0 Å². The number of amides is 1. The van der Waals surface area contributed by atoms with Crippen molar-refractivity contribution in [1.29, 1.82) is 0 Å². The first-order chi connectivity index (χ1) is 16.5. The summed E-state index contributed by atoms with van der Waals surface area (Å²) in [7, 11) is -3.49. The summed E-state index contributed by atoms with van der Waals surface area (Å²) in [6.45, 7) is 6.73. The van der Waals surface area contributed by atoms with Gasteiger partial charge in [-0.1, -0.05) is 36.4 Å². The molecule has 2 unspecified atom stereocenters. The van der Waals surface area contributed by atoms with E-state index in [0.29, 0.717) is 26.1 Å². The van der Waals surface area contributed by atoms with Gasteiger partial charge in [-0.3, -0.25) is 0 Å². The summed E-state index contributed by atoms with van der Waals surface area (Å²) >= 11 is 0. The molecule has 1 aromatic heterocycles. The molecular weight excluding hydrogens is 466 g/mol. The number of piperidine rings is 1. The number of rotatable bonds is 5. The van der Waals surface area contributed by atoms with Crippen LogP contribution in [0.1, 0.15) is 44.2 Å². The van der Waals surface area contributed by atoms with Gasteiger partial charge in [0.15, 0.2) is 0 Å². The molecule has 1 amide bonds. The molecule has 1 aliphatic rings. The maximum absolute atomic E-state index is 12.7. The van der Waals surface area contributed by atoms with Gasteiger partial charge >= 0.3 is 6.09 Å². The molecule has 0 N–H and O–H groups in total. The van der Waals surface area contributed by atoms with E-state index < -0.39 is 15.4 Å². The van der Waals surface area contributed by atoms with Crippen LogP contribution in [0.15, 0.2) is 60.0 Å². The largest absolute Gasteiger partial charge is 0.444 e. The highest BCUT2D eigenvalue weighted by molar-refractivity contribution is 7.90. The van der Waals surface area contributed by atoms with Gasteiger partial charge in [0.05, 0.1) is 19.3 Å². The van der Waals surface area contributed by atoms with E-state index in [1.54, 1.807) is 17.3 Å². The predicted molar refractivity (Wildman–Crippen MR) is 133 cm³/mol. The highest BCUT2D eigenvalue weighted by atomic mass is 32.2. The first-order valence-corrected chi connectivity index (χ1v) is 13.5. The number of sulfone groups is 1. The fraction of sp³-hybridized carbons (Fsp3) is 0.423. The number of likely N-dealkylation sites (tertiary alicyclic amines) is 1. The molecule has 3 aromatic rings. The average molecular weight is 498 g/mol. The van der Waals surface area contributed by atoms with Crippen LogP contribution in [-0.4, -0.2) is 60.4 Å². The normalized spacial score (nSPS) is 19.0. The van der Waals surface area contributed by atoms with Crippen molar-refractivity contribution >= 4 is 26.7 Å². The van der Waals surface area contributed by atoms with Gasteiger partial charge in [-0.05, 0) is 55.2 Å². The van der Waals surface area contributed by atoms with E-state index in [4.69, 9.17) is 9.47 Å². The first-order valence-electron chi connectivity index (χ1n) is 11.6. The summed E-state index contributed by atoms with van der Waals surface area (Å²) in [6, 6.07) is 14.3. The Morgan fingerprint density at radius 1 is 1.09 bits per heavy atom. The summed E-state index contributed by atoms with van der Waals surface area (Å²) in [5, 5.41) is 2.08. The second kappa shape index (κ2) is 9.91. The molecule has 0 spiro atoms. The lowest BCUT2D eigenvalue weighted by Gasteiger charge is -2.39. The fourth-order valence-electron chi connectivity index (χ4n) is 4.20. The van der Waals surface area contributed by atoms with Crippen LogP contribution in [-0.2, 0) is 25.9 Å². The van der Waals surface area contributed by atoms with Crippen molar-refractivity contribution in [1.82, 2.24) is 14.9 Å². The Hall–Kier alpha value is -3.04. The first kappa shape index (κ1) is 25.1. The maximum atomic E-state index is 12.7. The molecule has 0 saturated carbocycles. The Bertz CT molecular complexity index is 1300. The van der Waals surface area contributed by atoms with Crippen molar-refractivity contribution in [2.75, 3.05) is 19.3 Å². The van der Waals surface area contributed by atoms with Crippen molar-refractivity contribution in [3.05, 3.63) is 66.0 Å². The van der Waals surface area contributed by atoms with Crippen molar-refractivity contribution in [3.8, 4) is 0 Å². The second-order valence-electron chi connectivity index (χ2n) is 9.92. The van der Waals surface area contributed by atoms with Crippen LogP contribution in [0, 0.1) is 0 Å². The third kappa shape index (κ3) is 6.35. The van der Waals surface area contributed by atoms with Crippen molar-refractivity contribution in [2.45, 2.75) is 56.6 Å². The van der Waals surface area contributed by atoms with Crippen molar-refractivity contribution in [3.63, 3.8) is 0 Å².